The summed E-state index contributed by atoms with van der Waals surface area (Å²) >= 11 is 0. The molecule has 1 unspecified atom stereocenters. The Hall–Kier alpha value is -2.13. The second-order valence-electron chi connectivity index (χ2n) is 6.32. The number of hydrogen-bond acceptors (Lipinski definition) is 8. The Labute approximate surface area is 153 Å². The van der Waals surface area contributed by atoms with Crippen LogP contribution in [0, 0.1) is 0 Å². The van der Waals surface area contributed by atoms with Gasteiger partial charge in [-0.15, -0.1) is 0 Å². The van der Waals surface area contributed by atoms with Gasteiger partial charge in [-0.25, -0.2) is 13.2 Å². The second-order valence-corrected chi connectivity index (χ2v) is 8.35. The van der Waals surface area contributed by atoms with Crippen LogP contribution in [0.1, 0.15) is 27.7 Å². The van der Waals surface area contributed by atoms with E-state index < -0.39 is 39.3 Å². The monoisotopic (exact) mass is 387 g/mol. The Bertz CT molecular complexity index is 720. The van der Waals surface area contributed by atoms with Crippen LogP contribution in [0.25, 0.3) is 0 Å². The number of carbonyl (C=O) groups is 2. The second kappa shape index (κ2) is 9.00. The van der Waals surface area contributed by atoms with Crippen LogP contribution in [0.2, 0.25) is 0 Å². The minimum atomic E-state index is -4.16. The van der Waals surface area contributed by atoms with E-state index in [1.165, 1.54) is 31.4 Å². The number of nitrogens with one attached hydrogen (secondary N) is 1. The number of hydrogen-bond donors (Lipinski definition) is 1. The molecule has 0 bridgehead atoms. The number of methoxy groups -OCH3 is 1. The summed E-state index contributed by atoms with van der Waals surface area (Å²) in [6.07, 6.45) is 0. The van der Waals surface area contributed by atoms with E-state index in [2.05, 4.69) is 5.32 Å². The summed E-state index contributed by atoms with van der Waals surface area (Å²) in [4.78, 5) is 23.9. The average Bonchev–Trinajstić information content (AvgIpc) is 2.53. The topological polar surface area (TPSA) is 108 Å². The Morgan fingerprint density at radius 3 is 2.19 bits per heavy atom. The van der Waals surface area contributed by atoms with Crippen molar-refractivity contribution in [3.05, 3.63) is 24.3 Å². The highest BCUT2D eigenvalue weighted by atomic mass is 32.2. The summed E-state index contributed by atoms with van der Waals surface area (Å²) in [5.41, 5.74) is -0.892. The van der Waals surface area contributed by atoms with Gasteiger partial charge < -0.3 is 14.2 Å². The van der Waals surface area contributed by atoms with Crippen LogP contribution >= 0.6 is 0 Å². The number of sulfone groups is 1. The molecule has 1 aromatic rings. The lowest BCUT2D eigenvalue weighted by Gasteiger charge is -2.24. The first-order valence-electron chi connectivity index (χ1n) is 8.01. The third-order valence-electron chi connectivity index (χ3n) is 3.06. The van der Waals surface area contributed by atoms with Gasteiger partial charge in [0.25, 0.3) is 0 Å². The van der Waals surface area contributed by atoms with E-state index in [4.69, 9.17) is 14.2 Å². The lowest BCUT2D eigenvalue weighted by Crippen LogP contribution is -2.48. The standard InChI is InChI=1S/C17H25NO7S/c1-6-24-14(19)11-18-15(16(20)25-17(2,3)4)26(21,22)13-9-7-12(23-5)8-10-13/h7-10,15,18H,6,11H2,1-5H3. The van der Waals surface area contributed by atoms with E-state index in [1.54, 1.807) is 27.7 Å². The van der Waals surface area contributed by atoms with Gasteiger partial charge >= 0.3 is 11.9 Å². The predicted molar refractivity (Wildman–Crippen MR) is 94.4 cm³/mol. The van der Waals surface area contributed by atoms with Crippen molar-refractivity contribution in [2.24, 2.45) is 0 Å². The summed E-state index contributed by atoms with van der Waals surface area (Å²) in [5, 5.41) is 0.675. The molecular weight excluding hydrogens is 362 g/mol. The van der Waals surface area contributed by atoms with E-state index in [9.17, 15) is 18.0 Å². The van der Waals surface area contributed by atoms with Crippen molar-refractivity contribution < 1.29 is 32.2 Å². The molecule has 0 amide bonds. The molecule has 0 heterocycles. The third kappa shape index (κ3) is 6.30. The van der Waals surface area contributed by atoms with Gasteiger partial charge in [0.15, 0.2) is 0 Å². The van der Waals surface area contributed by atoms with Gasteiger partial charge in [0, 0.05) is 0 Å². The van der Waals surface area contributed by atoms with Crippen LogP contribution in [0.15, 0.2) is 29.2 Å². The first kappa shape index (κ1) is 21.9. The largest absolute Gasteiger partial charge is 0.497 e. The maximum absolute atomic E-state index is 12.9. The van der Waals surface area contributed by atoms with Gasteiger partial charge in [-0.1, -0.05) is 0 Å². The van der Waals surface area contributed by atoms with Crippen LogP contribution in [0.4, 0.5) is 0 Å². The Balaban J connectivity index is 3.14. The van der Waals surface area contributed by atoms with E-state index in [0.29, 0.717) is 5.75 Å². The molecule has 146 valence electrons. The molecule has 0 aliphatic carbocycles. The molecule has 26 heavy (non-hydrogen) atoms. The van der Waals surface area contributed by atoms with Gasteiger partial charge in [-0.05, 0) is 52.0 Å². The molecule has 0 fully saturated rings. The van der Waals surface area contributed by atoms with Crippen molar-refractivity contribution in [2.75, 3.05) is 20.3 Å². The van der Waals surface area contributed by atoms with Gasteiger partial charge in [-0.3, -0.25) is 10.1 Å². The first-order chi connectivity index (χ1) is 12.0. The third-order valence-corrected chi connectivity index (χ3v) is 4.97. The number of esters is 2. The van der Waals surface area contributed by atoms with E-state index in [-0.39, 0.29) is 11.5 Å². The van der Waals surface area contributed by atoms with E-state index in [1.807, 2.05) is 0 Å². The normalized spacial score (nSPS) is 13.0. The highest BCUT2D eigenvalue weighted by Crippen LogP contribution is 2.21. The Kier molecular flexibility index (Phi) is 7.58. The summed E-state index contributed by atoms with van der Waals surface area (Å²) in [6, 6.07) is 5.56. The van der Waals surface area contributed by atoms with Crippen LogP contribution in [-0.2, 0) is 28.9 Å². The highest BCUT2D eigenvalue weighted by Gasteiger charge is 2.37. The molecule has 1 rings (SSSR count). The lowest BCUT2D eigenvalue weighted by molar-refractivity contribution is -0.155. The number of ether oxygens (including phenoxy) is 3. The van der Waals surface area contributed by atoms with Crippen molar-refractivity contribution in [1.29, 1.82) is 0 Å². The number of benzene rings is 1. The quantitative estimate of drug-likeness (QED) is 0.665. The molecule has 0 aromatic heterocycles. The molecule has 1 aromatic carbocycles. The van der Waals surface area contributed by atoms with Crippen molar-refractivity contribution in [3.8, 4) is 5.75 Å². The van der Waals surface area contributed by atoms with Crippen LogP contribution in [0.3, 0.4) is 0 Å². The molecular formula is C17H25NO7S. The zero-order chi connectivity index (χ0) is 20.0. The molecule has 1 N–H and O–H groups in total. The van der Waals surface area contributed by atoms with Gasteiger partial charge in [0.2, 0.25) is 15.2 Å². The van der Waals surface area contributed by atoms with Crippen molar-refractivity contribution >= 4 is 21.8 Å². The summed E-state index contributed by atoms with van der Waals surface area (Å²) < 4.78 is 40.7. The maximum atomic E-state index is 12.9. The Morgan fingerprint density at radius 1 is 1.15 bits per heavy atom. The number of rotatable bonds is 8. The molecule has 0 aliphatic rings. The minimum absolute atomic E-state index is 0.106. The summed E-state index contributed by atoms with van der Waals surface area (Å²) in [6.45, 7) is 6.17. The van der Waals surface area contributed by atoms with E-state index in [0.717, 1.165) is 0 Å². The van der Waals surface area contributed by atoms with Crippen LogP contribution < -0.4 is 10.1 Å². The van der Waals surface area contributed by atoms with Gasteiger partial charge in [0.1, 0.15) is 11.4 Å². The molecule has 0 saturated carbocycles. The van der Waals surface area contributed by atoms with Gasteiger partial charge in [-0.2, -0.15) is 0 Å². The number of carbonyl (C=O) groups excluding carboxylic acids is 2. The minimum Gasteiger partial charge on any atom is -0.497 e. The van der Waals surface area contributed by atoms with E-state index >= 15 is 0 Å². The highest BCUT2D eigenvalue weighted by molar-refractivity contribution is 7.92. The maximum Gasteiger partial charge on any atom is 0.339 e. The zero-order valence-electron chi connectivity index (χ0n) is 15.6. The Morgan fingerprint density at radius 2 is 1.73 bits per heavy atom. The first-order valence-corrected chi connectivity index (χ1v) is 9.55. The van der Waals surface area contributed by atoms with Crippen LogP contribution in [0.5, 0.6) is 5.75 Å². The van der Waals surface area contributed by atoms with Crippen molar-refractivity contribution in [1.82, 2.24) is 5.32 Å². The summed E-state index contributed by atoms with van der Waals surface area (Å²) in [7, 11) is -2.70. The summed E-state index contributed by atoms with van der Waals surface area (Å²) in [5.74, 6) is -1.21. The van der Waals surface area contributed by atoms with Crippen LogP contribution in [-0.4, -0.2) is 51.6 Å². The van der Waals surface area contributed by atoms with Gasteiger partial charge in [0.05, 0.1) is 25.2 Å². The molecule has 0 radical (unpaired) electrons. The molecule has 0 saturated heterocycles. The molecule has 1 atom stereocenters. The fourth-order valence-corrected chi connectivity index (χ4v) is 3.36. The van der Waals surface area contributed by atoms with Crippen molar-refractivity contribution in [2.45, 2.75) is 43.6 Å². The zero-order valence-corrected chi connectivity index (χ0v) is 16.4. The molecule has 0 spiro atoms. The lowest BCUT2D eigenvalue weighted by atomic mass is 10.2. The van der Waals surface area contributed by atoms with Crippen molar-refractivity contribution in [3.63, 3.8) is 0 Å². The predicted octanol–water partition coefficient (Wildman–Crippen LogP) is 1.29. The fourth-order valence-electron chi connectivity index (χ4n) is 1.96. The smallest absolute Gasteiger partial charge is 0.339 e. The molecule has 8 nitrogen and oxygen atoms in total. The SMILES string of the molecule is CCOC(=O)CNC(C(=O)OC(C)(C)C)S(=O)(=O)c1ccc(OC)cc1. The molecule has 9 heteroatoms. The average molecular weight is 387 g/mol. The molecule has 0 aliphatic heterocycles. The fraction of sp³-hybridized carbons (Fsp3) is 0.529.